The van der Waals surface area contributed by atoms with E-state index < -0.39 is 71.8 Å². The zero-order chi connectivity index (χ0) is 95.3. The molecule has 8 unspecified atom stereocenters. The minimum absolute atomic E-state index is 0.0424. The Morgan fingerprint density at radius 2 is 0.859 bits per heavy atom. The van der Waals surface area contributed by atoms with Crippen molar-refractivity contribution in [2.75, 3.05) is 55.1 Å². The molecule has 1 N–H and O–H groups in total. The van der Waals surface area contributed by atoms with Gasteiger partial charge in [0.25, 0.3) is 5.91 Å². The molecule has 22 heteroatoms. The summed E-state index contributed by atoms with van der Waals surface area (Å²) in [5, 5.41) is 3.07. The second-order valence-corrected chi connectivity index (χ2v) is 38.1. The van der Waals surface area contributed by atoms with Gasteiger partial charge in [-0.05, 0) is 196 Å². The third-order valence-corrected chi connectivity index (χ3v) is 27.9. The van der Waals surface area contributed by atoms with E-state index in [1.54, 1.807) is 104 Å². The van der Waals surface area contributed by atoms with Crippen molar-refractivity contribution in [3.8, 4) is 51.0 Å². The molecule has 7 aromatic carbocycles. The summed E-state index contributed by atoms with van der Waals surface area (Å²) in [7, 11) is 1.46. The van der Waals surface area contributed by atoms with Gasteiger partial charge in [-0.15, -0.1) is 0 Å². The van der Waals surface area contributed by atoms with Crippen LogP contribution in [0.5, 0.6) is 28.7 Å². The average Bonchev–Trinajstić information content (AvgIpc) is 1.60. The maximum Gasteiger partial charge on any atom is 0.344 e. The van der Waals surface area contributed by atoms with Crippen LogP contribution in [0.3, 0.4) is 0 Å². The van der Waals surface area contributed by atoms with E-state index in [0.717, 1.165) is 89.8 Å². The first-order valence-electron chi connectivity index (χ1n) is 50.3. The molecular weight excluding hydrogens is 1700 g/mol. The summed E-state index contributed by atoms with van der Waals surface area (Å²) in [5.41, 5.74) is 8.55. The second kappa shape index (κ2) is 50.1. The number of rotatable bonds is 54. The molecule has 718 valence electrons. The number of hydrogen-bond acceptors (Lipinski definition) is 17. The van der Waals surface area contributed by atoms with Gasteiger partial charge in [0.1, 0.15) is 18.1 Å². The van der Waals surface area contributed by atoms with Crippen LogP contribution in [0.2, 0.25) is 0 Å². The van der Waals surface area contributed by atoms with Crippen molar-refractivity contribution < 1.29 is 81.2 Å². The molecule has 0 radical (unpaired) electrons. The van der Waals surface area contributed by atoms with Crippen molar-refractivity contribution in [2.45, 2.75) is 273 Å². The molecule has 0 aromatic heterocycles. The number of esters is 2. The number of nitrogens with zero attached hydrogens (tertiary/aromatic N) is 4. The first kappa shape index (κ1) is 101. The molecule has 22 nitrogen and oxygen atoms in total. The number of anilines is 3. The number of allylic oxidation sites excluding steroid dienone is 2. The molecule has 6 aliphatic rings. The zero-order valence-corrected chi connectivity index (χ0v) is 80.4. The van der Waals surface area contributed by atoms with Gasteiger partial charge in [0.2, 0.25) is 53.0 Å². The number of aryl methyl sites for hydroxylation is 1. The van der Waals surface area contributed by atoms with Crippen LogP contribution in [0, 0.1) is 54.3 Å². The first-order valence-corrected chi connectivity index (χ1v) is 50.3. The van der Waals surface area contributed by atoms with E-state index in [1.807, 2.05) is 80.6 Å². The van der Waals surface area contributed by atoms with Crippen molar-refractivity contribution in [2.24, 2.45) is 47.3 Å². The molecule has 13 rings (SSSR count). The molecule has 0 bridgehead atoms. The highest BCUT2D eigenvalue weighted by Gasteiger charge is 2.56. The number of nitrogens with one attached hydrogen (secondary N) is 1. The summed E-state index contributed by atoms with van der Waals surface area (Å²) in [6.45, 7) is 13.4. The molecule has 2 aliphatic carbocycles. The number of hydrogen-bond donors (Lipinski definition) is 1. The van der Waals surface area contributed by atoms with Crippen LogP contribution < -0.4 is 38.8 Å². The van der Waals surface area contributed by atoms with E-state index in [2.05, 4.69) is 26.1 Å². The lowest BCUT2D eigenvalue weighted by Gasteiger charge is -2.29. The Morgan fingerprint density at radius 3 is 1.36 bits per heavy atom. The van der Waals surface area contributed by atoms with Gasteiger partial charge in [-0.1, -0.05) is 284 Å². The van der Waals surface area contributed by atoms with E-state index >= 15 is 0 Å². The quantitative estimate of drug-likeness (QED) is 0.0122. The summed E-state index contributed by atoms with van der Waals surface area (Å²) in [6, 6.07) is 44.3. The summed E-state index contributed by atoms with van der Waals surface area (Å²) in [5.74, 6) is -7.38. The maximum absolute atomic E-state index is 14.9. The fraction of sp³-hybridized carbons (Fsp3) is 0.496. The minimum Gasteiger partial charge on any atom is -0.490 e. The van der Waals surface area contributed by atoms with E-state index in [-0.39, 0.29) is 97.4 Å². The summed E-state index contributed by atoms with van der Waals surface area (Å²) in [6.07, 6.45) is 40.6. The number of unbranched alkanes of at least 4 members (excludes halogenated alkanes) is 27. The third-order valence-electron chi connectivity index (χ3n) is 27.9. The number of carbonyl (C=O) groups is 11. The number of fused-ring (bicyclic) bond motifs is 2. The topological polar surface area (TPSA) is 268 Å². The molecule has 4 saturated heterocycles. The highest BCUT2D eigenvalue weighted by molar-refractivity contribution is 6.24. The number of imide groups is 4. The minimum atomic E-state index is -0.781. The van der Waals surface area contributed by atoms with Crippen LogP contribution in [0.1, 0.15) is 290 Å². The highest BCUT2D eigenvalue weighted by Crippen LogP contribution is 2.50. The van der Waals surface area contributed by atoms with Crippen LogP contribution in [0.4, 0.5) is 17.1 Å². The lowest BCUT2D eigenvalue weighted by Crippen LogP contribution is -2.36. The molecule has 8 atom stereocenters. The van der Waals surface area contributed by atoms with Gasteiger partial charge in [-0.3, -0.25) is 53.0 Å². The van der Waals surface area contributed by atoms with Gasteiger partial charge in [-0.2, -0.15) is 0 Å². The van der Waals surface area contributed by atoms with Crippen LogP contribution in [-0.4, -0.2) is 115 Å². The predicted molar refractivity (Wildman–Crippen MR) is 525 cm³/mol. The fourth-order valence-electron chi connectivity index (χ4n) is 20.2. The normalized spacial score (nSPS) is 19.3. The van der Waals surface area contributed by atoms with Crippen LogP contribution in [-0.2, 0) is 60.9 Å². The Morgan fingerprint density at radius 1 is 0.400 bits per heavy atom. The first-order chi connectivity index (χ1) is 65.6. The summed E-state index contributed by atoms with van der Waals surface area (Å²) < 4.78 is 37.2. The number of amides is 9. The molecule has 135 heavy (non-hydrogen) atoms. The standard InChI is InChI=1S/C113H139N5O17/c1-8-11-14-17-20-23-26-29-32-35-58-130-98-70-88(71-99(131-59-36-33-30-27-24-21-18-15-12-9-2)105(98)132-60-37-34-31-28-25-22-19-16-13-10-3)113(129)135-93-52-48-89(49-53-93)114-106(122)87-65-83(81-41-38-40-76(4)61-81)64-84(66-87)82-42-39-43-91(67-82)118-110(126)97-69-86(63-78(6)104(97)112(118)128)95-73-101(120)116(108(95)124)57-56-79-44-46-80(47-45-79)74-134-102(121)75-133-92-54-50-90(51-55-92)117-109(125)96-68-85(62-77(5)103(96)111(117)127)94-72-100(119)115(7)107(94)123/h38-55,61-67,70-71,85-86,94-97,103-104H,8-37,56-60,68-69,72-75H2,1-7H3,(H,114,122). The fourth-order valence-corrected chi connectivity index (χ4v) is 20.2. The Bertz CT molecular complexity index is 5300. The van der Waals surface area contributed by atoms with Gasteiger partial charge in [0, 0.05) is 37.7 Å². The maximum atomic E-state index is 14.9. The molecule has 4 fully saturated rings. The van der Waals surface area contributed by atoms with E-state index in [1.165, 1.54) is 152 Å². The molecule has 0 saturated carbocycles. The molecule has 4 aliphatic heterocycles. The Hall–Kier alpha value is -11.8. The van der Waals surface area contributed by atoms with Crippen LogP contribution in [0.15, 0.2) is 175 Å². The Kier molecular flexibility index (Phi) is 37.4. The Balaban J connectivity index is 0.608. The van der Waals surface area contributed by atoms with Crippen molar-refractivity contribution in [3.63, 3.8) is 0 Å². The van der Waals surface area contributed by atoms with Gasteiger partial charge in [0.15, 0.2) is 18.1 Å². The zero-order valence-electron chi connectivity index (χ0n) is 80.4. The van der Waals surface area contributed by atoms with Crippen molar-refractivity contribution in [1.29, 1.82) is 0 Å². The molecule has 0 spiro atoms. The average molecular weight is 1840 g/mol. The molecule has 4 heterocycles. The van der Waals surface area contributed by atoms with Crippen molar-refractivity contribution in [1.82, 2.24) is 9.80 Å². The van der Waals surface area contributed by atoms with E-state index in [9.17, 15) is 52.7 Å². The van der Waals surface area contributed by atoms with Crippen LogP contribution in [0.25, 0.3) is 22.3 Å². The van der Waals surface area contributed by atoms with Gasteiger partial charge < -0.3 is 33.7 Å². The molecule has 9 amide bonds. The number of likely N-dealkylation sites (tertiary alicyclic amines) is 2. The largest absolute Gasteiger partial charge is 0.490 e. The number of ether oxygens (including phenoxy) is 6. The van der Waals surface area contributed by atoms with Crippen molar-refractivity contribution in [3.05, 3.63) is 203 Å². The SMILES string of the molecule is CCCCCCCCCCCCOc1cc(C(=O)Oc2ccc(NC(=O)c3cc(-c4cccc(C)c4)cc(-c4cccc(N5C(=O)C6CC(C7CC(=O)N(CCc8ccc(COC(=O)COc9ccc(N%10C(=O)C%11CC(C%12CC(=O)N(C)C%12=O)C=C(C)C%11C%10=O)cc9)cc8)C7=O)C=C(C)C6C5=O)c4)c3)cc2)cc(OCCCCCCCCCCCC)c1OCCCCCCCCCCCC. The predicted octanol–water partition coefficient (Wildman–Crippen LogP) is 23.6. The second-order valence-electron chi connectivity index (χ2n) is 38.1. The lowest BCUT2D eigenvalue weighted by molar-refractivity contribution is -0.147. The smallest absolute Gasteiger partial charge is 0.344 e. The van der Waals surface area contributed by atoms with Crippen molar-refractivity contribution >= 4 is 82.2 Å². The lowest BCUT2D eigenvalue weighted by atomic mass is 9.71. The number of benzene rings is 7. The monoisotopic (exact) mass is 1840 g/mol. The number of carbonyl (C=O) groups excluding carboxylic acids is 11. The molecular formula is C113H139N5O17. The Labute approximate surface area is 797 Å². The van der Waals surface area contributed by atoms with Gasteiger partial charge >= 0.3 is 11.9 Å². The van der Waals surface area contributed by atoms with E-state index in [4.69, 9.17) is 28.4 Å². The highest BCUT2D eigenvalue weighted by atomic mass is 16.6. The van der Waals surface area contributed by atoms with Gasteiger partial charge in [0.05, 0.1) is 72.3 Å². The van der Waals surface area contributed by atoms with Gasteiger partial charge in [-0.25, -0.2) is 19.4 Å². The van der Waals surface area contributed by atoms with Crippen LogP contribution >= 0.6 is 0 Å². The molecule has 7 aromatic rings. The third kappa shape index (κ3) is 26.9. The van der Waals surface area contributed by atoms with E-state index in [0.29, 0.717) is 99.7 Å². The summed E-state index contributed by atoms with van der Waals surface area (Å²) >= 11 is 0. The summed E-state index contributed by atoms with van der Waals surface area (Å²) in [4.78, 5) is 157.